The number of aliphatic hydroxyl groups excluding tert-OH is 1. The number of carbonyl (C=O) groups excluding carboxylic acids is 2. The molecule has 6 nitrogen and oxygen atoms in total. The highest BCUT2D eigenvalue weighted by Gasteiger charge is 2.36. The zero-order valence-corrected chi connectivity index (χ0v) is 17.7. The van der Waals surface area contributed by atoms with Gasteiger partial charge in [-0.3, -0.25) is 9.59 Å². The smallest absolute Gasteiger partial charge is 0.317 e. The molecular weight excluding hydrogens is 382 g/mol. The normalized spacial score (nSPS) is 13.9. The van der Waals surface area contributed by atoms with E-state index in [9.17, 15) is 14.7 Å². The lowest BCUT2D eigenvalue weighted by Gasteiger charge is -2.28. The summed E-state index contributed by atoms with van der Waals surface area (Å²) in [7, 11) is 0. The third kappa shape index (κ3) is 6.97. The Morgan fingerprint density at radius 2 is 1.67 bits per heavy atom. The predicted molar refractivity (Wildman–Crippen MR) is 115 cm³/mol. The molecule has 0 saturated carbocycles. The standard InChI is InChI=1S/C24H31NO5/c1-3-7-22(27)29-17-30-23(28)24(2,16-26)15-21(25)14-18-10-12-20(13-11-18)19-8-5-4-6-9-19/h4-6,8-13,21,26H,3,7,14-17,25H2,1-2H3. The summed E-state index contributed by atoms with van der Waals surface area (Å²) in [5.41, 5.74) is 8.41. The van der Waals surface area contributed by atoms with Gasteiger partial charge in [0.15, 0.2) is 0 Å². The lowest BCUT2D eigenvalue weighted by atomic mass is 9.83. The lowest BCUT2D eigenvalue weighted by molar-refractivity contribution is -0.176. The van der Waals surface area contributed by atoms with Gasteiger partial charge in [0.1, 0.15) is 0 Å². The van der Waals surface area contributed by atoms with Crippen molar-refractivity contribution in [1.82, 2.24) is 0 Å². The van der Waals surface area contributed by atoms with E-state index in [4.69, 9.17) is 15.2 Å². The van der Waals surface area contributed by atoms with Crippen LogP contribution in [0.15, 0.2) is 54.6 Å². The minimum Gasteiger partial charge on any atom is -0.428 e. The van der Waals surface area contributed by atoms with Crippen molar-refractivity contribution in [3.8, 4) is 11.1 Å². The lowest BCUT2D eigenvalue weighted by Crippen LogP contribution is -2.40. The van der Waals surface area contributed by atoms with Gasteiger partial charge in [-0.1, -0.05) is 61.5 Å². The fourth-order valence-electron chi connectivity index (χ4n) is 3.23. The van der Waals surface area contributed by atoms with E-state index in [1.807, 2.05) is 49.4 Å². The van der Waals surface area contributed by atoms with E-state index in [2.05, 4.69) is 12.1 Å². The molecule has 6 heteroatoms. The molecule has 2 unspecified atom stereocenters. The van der Waals surface area contributed by atoms with Gasteiger partial charge in [-0.25, -0.2) is 0 Å². The molecule has 2 atom stereocenters. The van der Waals surface area contributed by atoms with Crippen molar-refractivity contribution in [2.75, 3.05) is 13.4 Å². The van der Waals surface area contributed by atoms with Gasteiger partial charge >= 0.3 is 11.9 Å². The van der Waals surface area contributed by atoms with Crippen molar-refractivity contribution in [3.63, 3.8) is 0 Å². The topological polar surface area (TPSA) is 98.8 Å². The molecule has 0 amide bonds. The summed E-state index contributed by atoms with van der Waals surface area (Å²) in [4.78, 5) is 23.8. The van der Waals surface area contributed by atoms with Crippen LogP contribution in [0.1, 0.15) is 38.7 Å². The first-order valence-corrected chi connectivity index (χ1v) is 10.2. The van der Waals surface area contributed by atoms with Crippen LogP contribution in [0.5, 0.6) is 0 Å². The number of carbonyl (C=O) groups is 2. The minimum atomic E-state index is -1.17. The molecule has 2 aromatic carbocycles. The van der Waals surface area contributed by atoms with Gasteiger partial charge in [0.25, 0.3) is 0 Å². The van der Waals surface area contributed by atoms with E-state index in [0.29, 0.717) is 12.8 Å². The molecule has 30 heavy (non-hydrogen) atoms. The summed E-state index contributed by atoms with van der Waals surface area (Å²) < 4.78 is 9.88. The van der Waals surface area contributed by atoms with Crippen LogP contribution < -0.4 is 5.73 Å². The molecule has 162 valence electrons. The first-order chi connectivity index (χ1) is 14.4. The van der Waals surface area contributed by atoms with E-state index in [1.165, 1.54) is 0 Å². The van der Waals surface area contributed by atoms with Gasteiger partial charge in [-0.15, -0.1) is 0 Å². The number of ether oxygens (including phenoxy) is 2. The van der Waals surface area contributed by atoms with E-state index < -0.39 is 30.8 Å². The molecule has 0 saturated heterocycles. The second-order valence-corrected chi connectivity index (χ2v) is 7.77. The molecule has 0 fully saturated rings. The van der Waals surface area contributed by atoms with Gasteiger partial charge in [0, 0.05) is 12.5 Å². The number of nitrogens with two attached hydrogens (primary N) is 1. The number of esters is 2. The molecule has 0 aliphatic carbocycles. The average Bonchev–Trinajstić information content (AvgIpc) is 2.74. The van der Waals surface area contributed by atoms with Crippen LogP contribution in [0.3, 0.4) is 0 Å². The monoisotopic (exact) mass is 413 g/mol. The highest BCUT2D eigenvalue weighted by molar-refractivity contribution is 5.77. The Hall–Kier alpha value is -2.70. The maximum absolute atomic E-state index is 12.4. The summed E-state index contributed by atoms with van der Waals surface area (Å²) in [5, 5.41) is 9.76. The molecule has 0 radical (unpaired) electrons. The molecule has 0 heterocycles. The van der Waals surface area contributed by atoms with Crippen LogP contribution >= 0.6 is 0 Å². The number of benzene rings is 2. The Kier molecular flexibility index (Phi) is 9.02. The second-order valence-electron chi connectivity index (χ2n) is 7.77. The van der Waals surface area contributed by atoms with Crippen molar-refractivity contribution in [2.24, 2.45) is 11.1 Å². The van der Waals surface area contributed by atoms with Crippen LogP contribution in [0.2, 0.25) is 0 Å². The molecule has 3 N–H and O–H groups in total. The molecule has 2 aromatic rings. The van der Waals surface area contributed by atoms with Crippen molar-refractivity contribution in [3.05, 3.63) is 60.2 Å². The Morgan fingerprint density at radius 1 is 1.03 bits per heavy atom. The van der Waals surface area contributed by atoms with Crippen LogP contribution in [-0.2, 0) is 25.5 Å². The third-order valence-electron chi connectivity index (χ3n) is 4.98. The highest BCUT2D eigenvalue weighted by Crippen LogP contribution is 2.26. The Morgan fingerprint density at radius 3 is 2.27 bits per heavy atom. The average molecular weight is 414 g/mol. The molecule has 0 aromatic heterocycles. The summed E-state index contributed by atoms with van der Waals surface area (Å²) in [6, 6.07) is 17.9. The molecule has 0 spiro atoms. The van der Waals surface area contributed by atoms with Crippen molar-refractivity contribution >= 4 is 11.9 Å². The Balaban J connectivity index is 1.89. The molecule has 0 bridgehead atoms. The quantitative estimate of drug-likeness (QED) is 0.432. The van der Waals surface area contributed by atoms with Crippen LogP contribution in [0, 0.1) is 5.41 Å². The number of rotatable bonds is 11. The minimum absolute atomic E-state index is 0.242. The van der Waals surface area contributed by atoms with Gasteiger partial charge in [-0.05, 0) is 42.9 Å². The van der Waals surface area contributed by atoms with Crippen molar-refractivity contribution < 1.29 is 24.2 Å². The van der Waals surface area contributed by atoms with E-state index in [1.54, 1.807) is 6.92 Å². The first kappa shape index (κ1) is 23.6. The summed E-state index contributed by atoms with van der Waals surface area (Å²) >= 11 is 0. The van der Waals surface area contributed by atoms with Crippen LogP contribution in [0.4, 0.5) is 0 Å². The van der Waals surface area contributed by atoms with Gasteiger partial charge < -0.3 is 20.3 Å². The van der Waals surface area contributed by atoms with Gasteiger partial charge in [-0.2, -0.15) is 0 Å². The fraction of sp³-hybridized carbons (Fsp3) is 0.417. The second kappa shape index (κ2) is 11.5. The predicted octanol–water partition coefficient (Wildman–Crippen LogP) is 3.46. The number of hydrogen-bond acceptors (Lipinski definition) is 6. The maximum Gasteiger partial charge on any atom is 0.317 e. The maximum atomic E-state index is 12.4. The van der Waals surface area contributed by atoms with Crippen molar-refractivity contribution in [2.45, 2.75) is 45.6 Å². The zero-order chi connectivity index (χ0) is 22.0. The number of hydrogen-bond donors (Lipinski definition) is 2. The molecule has 0 aliphatic heterocycles. The SMILES string of the molecule is CCCC(=O)OCOC(=O)C(C)(CO)CC(N)Cc1ccc(-c2ccccc2)cc1. The van der Waals surface area contributed by atoms with Crippen LogP contribution in [0.25, 0.3) is 11.1 Å². The Bertz CT molecular complexity index is 806. The molecule has 0 aliphatic rings. The van der Waals surface area contributed by atoms with E-state index in [0.717, 1.165) is 16.7 Å². The Labute approximate surface area is 178 Å². The third-order valence-corrected chi connectivity index (χ3v) is 4.98. The zero-order valence-electron chi connectivity index (χ0n) is 17.7. The van der Waals surface area contributed by atoms with Crippen molar-refractivity contribution in [1.29, 1.82) is 0 Å². The number of aliphatic hydroxyl groups is 1. The van der Waals surface area contributed by atoms with E-state index >= 15 is 0 Å². The summed E-state index contributed by atoms with van der Waals surface area (Å²) in [6.45, 7) is 2.59. The fourth-order valence-corrected chi connectivity index (χ4v) is 3.23. The van der Waals surface area contributed by atoms with Crippen LogP contribution in [-0.4, -0.2) is 36.5 Å². The van der Waals surface area contributed by atoms with Gasteiger partial charge in [0.2, 0.25) is 6.79 Å². The highest BCUT2D eigenvalue weighted by atomic mass is 16.7. The van der Waals surface area contributed by atoms with E-state index in [-0.39, 0.29) is 18.9 Å². The first-order valence-electron chi connectivity index (χ1n) is 10.2. The summed E-state index contributed by atoms with van der Waals surface area (Å²) in [5.74, 6) is -1.06. The largest absolute Gasteiger partial charge is 0.428 e. The summed E-state index contributed by atoms with van der Waals surface area (Å²) in [6.07, 6.45) is 1.72. The molecule has 2 rings (SSSR count). The van der Waals surface area contributed by atoms with Gasteiger partial charge in [0.05, 0.1) is 12.0 Å². The molecular formula is C24H31NO5.